The van der Waals surface area contributed by atoms with E-state index in [1.54, 1.807) is 18.2 Å². The molecule has 1 aliphatic heterocycles. The van der Waals surface area contributed by atoms with Crippen molar-refractivity contribution >= 4 is 12.6 Å². The Hall–Kier alpha value is -2.09. The van der Waals surface area contributed by atoms with Crippen LogP contribution in [0.1, 0.15) is 22.8 Å². The molecular weight excluding hydrogens is 225 g/mol. The van der Waals surface area contributed by atoms with Crippen LogP contribution in [0, 0.1) is 11.3 Å². The molecule has 2 aromatic carbocycles. The largest absolute Gasteiger partial charge is 0.492 e. The number of nitrogens with zero attached hydrogens (tertiary/aromatic N) is 1. The third kappa shape index (κ3) is 1.70. The molecule has 0 saturated carbocycles. The molecule has 18 heavy (non-hydrogen) atoms. The maximum absolute atomic E-state index is 9.87. The standard InChI is InChI=1S/C14H10BNO2/c16-9-10-6-7-13-12(8-10)14(18-15(13)17)11-4-2-1-3-5-11/h1-8,14,17H. The Kier molecular flexibility index (Phi) is 2.64. The summed E-state index contributed by atoms with van der Waals surface area (Å²) < 4.78 is 5.56. The molecule has 86 valence electrons. The summed E-state index contributed by atoms with van der Waals surface area (Å²) in [6.07, 6.45) is -0.301. The molecule has 0 aliphatic carbocycles. The van der Waals surface area contributed by atoms with E-state index in [4.69, 9.17) is 9.92 Å². The van der Waals surface area contributed by atoms with Gasteiger partial charge in [0.2, 0.25) is 0 Å². The fraction of sp³-hybridized carbons (Fsp3) is 0.0714. The van der Waals surface area contributed by atoms with Crippen LogP contribution in [0.25, 0.3) is 0 Å². The van der Waals surface area contributed by atoms with Crippen molar-refractivity contribution in [2.75, 3.05) is 0 Å². The lowest BCUT2D eigenvalue weighted by Crippen LogP contribution is -2.27. The fourth-order valence-electron chi connectivity index (χ4n) is 2.26. The van der Waals surface area contributed by atoms with Gasteiger partial charge in [-0.05, 0) is 28.7 Å². The van der Waals surface area contributed by atoms with Gasteiger partial charge in [0.25, 0.3) is 0 Å². The SMILES string of the molecule is N#Cc1ccc2c(c1)C(c1ccccc1)OB2O. The summed E-state index contributed by atoms with van der Waals surface area (Å²) in [5.41, 5.74) is 3.16. The Morgan fingerprint density at radius 2 is 1.94 bits per heavy atom. The summed E-state index contributed by atoms with van der Waals surface area (Å²) in [5, 5.41) is 18.8. The van der Waals surface area contributed by atoms with Crippen LogP contribution in [-0.4, -0.2) is 12.1 Å². The molecule has 1 N–H and O–H groups in total. The van der Waals surface area contributed by atoms with Gasteiger partial charge in [0.1, 0.15) is 0 Å². The number of hydrogen-bond donors (Lipinski definition) is 1. The first kappa shape index (κ1) is 11.0. The van der Waals surface area contributed by atoms with Crippen LogP contribution in [0.2, 0.25) is 0 Å². The van der Waals surface area contributed by atoms with Crippen molar-refractivity contribution in [1.82, 2.24) is 0 Å². The Balaban J connectivity index is 2.10. The lowest BCUT2D eigenvalue weighted by molar-refractivity contribution is 0.226. The van der Waals surface area contributed by atoms with Gasteiger partial charge in [-0.15, -0.1) is 0 Å². The van der Waals surface area contributed by atoms with Crippen LogP contribution in [0.15, 0.2) is 48.5 Å². The second-order valence-electron chi connectivity index (χ2n) is 4.23. The molecule has 1 atom stereocenters. The Bertz CT molecular complexity index is 621. The van der Waals surface area contributed by atoms with E-state index >= 15 is 0 Å². The highest BCUT2D eigenvalue weighted by molar-refractivity contribution is 6.61. The molecule has 3 rings (SSSR count). The summed E-state index contributed by atoms with van der Waals surface area (Å²) in [5.74, 6) is 0. The van der Waals surface area contributed by atoms with Gasteiger partial charge < -0.3 is 9.68 Å². The summed E-state index contributed by atoms with van der Waals surface area (Å²) in [4.78, 5) is 0. The van der Waals surface area contributed by atoms with Crippen LogP contribution >= 0.6 is 0 Å². The van der Waals surface area contributed by atoms with Crippen molar-refractivity contribution in [2.45, 2.75) is 6.10 Å². The first-order chi connectivity index (χ1) is 8.79. The molecule has 0 fully saturated rings. The average Bonchev–Trinajstić information content (AvgIpc) is 2.76. The molecule has 0 spiro atoms. The minimum Gasteiger partial charge on any atom is -0.423 e. The molecule has 4 heteroatoms. The van der Waals surface area contributed by atoms with Gasteiger partial charge >= 0.3 is 7.12 Å². The van der Waals surface area contributed by atoms with Gasteiger partial charge in [-0.1, -0.05) is 36.4 Å². The first-order valence-electron chi connectivity index (χ1n) is 5.72. The van der Waals surface area contributed by atoms with E-state index in [1.807, 2.05) is 30.3 Å². The fourth-order valence-corrected chi connectivity index (χ4v) is 2.26. The maximum atomic E-state index is 9.87. The normalized spacial score (nSPS) is 17.3. The molecule has 1 heterocycles. The summed E-state index contributed by atoms with van der Waals surface area (Å²) in [6.45, 7) is 0. The molecule has 0 aromatic heterocycles. The van der Waals surface area contributed by atoms with Gasteiger partial charge in [-0.3, -0.25) is 0 Å². The Morgan fingerprint density at radius 3 is 2.67 bits per heavy atom. The van der Waals surface area contributed by atoms with Crippen molar-refractivity contribution in [3.63, 3.8) is 0 Å². The number of rotatable bonds is 1. The average molecular weight is 235 g/mol. The van der Waals surface area contributed by atoms with Crippen molar-refractivity contribution in [3.05, 3.63) is 65.2 Å². The molecule has 2 aromatic rings. The highest BCUT2D eigenvalue weighted by Crippen LogP contribution is 2.30. The molecule has 0 bridgehead atoms. The summed E-state index contributed by atoms with van der Waals surface area (Å²) >= 11 is 0. The zero-order valence-electron chi connectivity index (χ0n) is 9.58. The first-order valence-corrected chi connectivity index (χ1v) is 5.72. The van der Waals surface area contributed by atoms with E-state index in [1.165, 1.54) is 0 Å². The monoisotopic (exact) mass is 235 g/mol. The predicted octanol–water partition coefficient (Wildman–Crippen LogP) is 1.37. The van der Waals surface area contributed by atoms with Gasteiger partial charge in [0.15, 0.2) is 0 Å². The molecule has 0 radical (unpaired) electrons. The highest BCUT2D eigenvalue weighted by Gasteiger charge is 2.35. The van der Waals surface area contributed by atoms with Crippen molar-refractivity contribution < 1.29 is 9.68 Å². The topological polar surface area (TPSA) is 53.2 Å². The smallest absolute Gasteiger partial charge is 0.423 e. The van der Waals surface area contributed by atoms with Gasteiger partial charge in [-0.25, -0.2) is 0 Å². The molecular formula is C14H10BNO2. The molecule has 0 amide bonds. The van der Waals surface area contributed by atoms with Crippen LogP contribution in [0.5, 0.6) is 0 Å². The van der Waals surface area contributed by atoms with Crippen LogP contribution < -0.4 is 5.46 Å². The highest BCUT2D eigenvalue weighted by atomic mass is 16.5. The number of nitriles is 1. The van der Waals surface area contributed by atoms with E-state index in [2.05, 4.69) is 6.07 Å². The van der Waals surface area contributed by atoms with Crippen LogP contribution in [0.3, 0.4) is 0 Å². The Morgan fingerprint density at radius 1 is 1.17 bits per heavy atom. The van der Waals surface area contributed by atoms with Crippen molar-refractivity contribution in [2.24, 2.45) is 0 Å². The van der Waals surface area contributed by atoms with E-state index in [0.29, 0.717) is 5.56 Å². The van der Waals surface area contributed by atoms with Crippen LogP contribution in [-0.2, 0) is 4.65 Å². The number of benzene rings is 2. The summed E-state index contributed by atoms with van der Waals surface area (Å²) in [6, 6.07) is 17.0. The Labute approximate surface area is 105 Å². The van der Waals surface area contributed by atoms with Gasteiger partial charge in [-0.2, -0.15) is 5.26 Å². The number of hydrogen-bond acceptors (Lipinski definition) is 3. The van der Waals surface area contributed by atoms with Crippen molar-refractivity contribution in [1.29, 1.82) is 5.26 Å². The van der Waals surface area contributed by atoms with Gasteiger partial charge in [0.05, 0.1) is 17.7 Å². The molecule has 0 saturated heterocycles. The zero-order chi connectivity index (χ0) is 12.5. The maximum Gasteiger partial charge on any atom is 0.492 e. The minimum absolute atomic E-state index is 0.301. The zero-order valence-corrected chi connectivity index (χ0v) is 9.58. The van der Waals surface area contributed by atoms with E-state index < -0.39 is 7.12 Å². The lowest BCUT2D eigenvalue weighted by atomic mass is 9.78. The third-order valence-corrected chi connectivity index (χ3v) is 3.13. The summed E-state index contributed by atoms with van der Waals surface area (Å²) in [7, 11) is -0.919. The lowest BCUT2D eigenvalue weighted by Gasteiger charge is -2.12. The molecule has 1 unspecified atom stereocenters. The van der Waals surface area contributed by atoms with Crippen molar-refractivity contribution in [3.8, 4) is 6.07 Å². The minimum atomic E-state index is -0.919. The quantitative estimate of drug-likeness (QED) is 0.759. The molecule has 1 aliphatic rings. The predicted molar refractivity (Wildman–Crippen MR) is 68.1 cm³/mol. The molecule has 3 nitrogen and oxygen atoms in total. The second-order valence-corrected chi connectivity index (χ2v) is 4.23. The van der Waals surface area contributed by atoms with Gasteiger partial charge in [0, 0.05) is 0 Å². The van der Waals surface area contributed by atoms with E-state index in [0.717, 1.165) is 16.6 Å². The van der Waals surface area contributed by atoms with E-state index in [9.17, 15) is 5.02 Å². The third-order valence-electron chi connectivity index (χ3n) is 3.13. The second kappa shape index (κ2) is 4.30. The van der Waals surface area contributed by atoms with E-state index in [-0.39, 0.29) is 6.10 Å². The van der Waals surface area contributed by atoms with Crippen LogP contribution in [0.4, 0.5) is 0 Å². The number of fused-ring (bicyclic) bond motifs is 1.